The van der Waals surface area contributed by atoms with Crippen LogP contribution in [-0.4, -0.2) is 23.2 Å². The lowest BCUT2D eigenvalue weighted by Crippen LogP contribution is -2.27. The number of primary amides is 1. The molecule has 1 amide bonds. The maximum atomic E-state index is 13.1. The molecule has 0 radical (unpaired) electrons. The molecule has 1 aromatic carbocycles. The standard InChI is InChI=1S/C23H26F6N2O/c24-22(25,26)15-5-1-12(2-6-15)14-9-17(13-3-7-16(8-4-13)23(27,28)29)18-11-20(21(30)32)31-19(18)10-14/h9-13,15-16,31H,1-8H2,(H2,30,32). The smallest absolute Gasteiger partial charge is 0.364 e. The molecular weight excluding hydrogens is 434 g/mol. The van der Waals surface area contributed by atoms with Gasteiger partial charge in [0, 0.05) is 10.9 Å². The Balaban J connectivity index is 1.64. The highest BCUT2D eigenvalue weighted by Crippen LogP contribution is 2.47. The molecule has 2 saturated carbocycles. The van der Waals surface area contributed by atoms with E-state index in [0.717, 1.165) is 16.5 Å². The highest BCUT2D eigenvalue weighted by molar-refractivity contribution is 5.98. The Kier molecular flexibility index (Phi) is 5.96. The zero-order valence-electron chi connectivity index (χ0n) is 17.5. The van der Waals surface area contributed by atoms with Gasteiger partial charge in [-0.2, -0.15) is 26.3 Å². The molecule has 176 valence electrons. The Labute approximate surface area is 181 Å². The van der Waals surface area contributed by atoms with Crippen LogP contribution in [0.3, 0.4) is 0 Å². The average Bonchev–Trinajstić information content (AvgIpc) is 3.17. The number of carbonyl (C=O) groups is 1. The third kappa shape index (κ3) is 4.62. The van der Waals surface area contributed by atoms with Crippen LogP contribution >= 0.6 is 0 Å². The minimum Gasteiger partial charge on any atom is -0.364 e. The van der Waals surface area contributed by atoms with Gasteiger partial charge < -0.3 is 10.7 Å². The molecule has 2 aliphatic rings. The quantitative estimate of drug-likeness (QED) is 0.479. The van der Waals surface area contributed by atoms with Crippen LogP contribution in [0.4, 0.5) is 26.3 Å². The Bertz CT molecular complexity index is 977. The minimum absolute atomic E-state index is 0.0453. The maximum Gasteiger partial charge on any atom is 0.391 e. The van der Waals surface area contributed by atoms with Crippen molar-refractivity contribution < 1.29 is 31.1 Å². The van der Waals surface area contributed by atoms with E-state index in [0.29, 0.717) is 31.2 Å². The van der Waals surface area contributed by atoms with E-state index < -0.39 is 30.1 Å². The van der Waals surface area contributed by atoms with Crippen LogP contribution in [0.2, 0.25) is 0 Å². The van der Waals surface area contributed by atoms with Gasteiger partial charge in [0.05, 0.1) is 11.8 Å². The topological polar surface area (TPSA) is 58.9 Å². The summed E-state index contributed by atoms with van der Waals surface area (Å²) in [5, 5.41) is 0.752. The molecule has 2 aliphatic carbocycles. The molecule has 0 saturated heterocycles. The first-order valence-corrected chi connectivity index (χ1v) is 11.0. The lowest BCUT2D eigenvalue weighted by molar-refractivity contribution is -0.183. The van der Waals surface area contributed by atoms with Gasteiger partial charge in [0.2, 0.25) is 0 Å². The van der Waals surface area contributed by atoms with Gasteiger partial charge in [0.15, 0.2) is 0 Å². The SMILES string of the molecule is NC(=O)c1cc2c(C3CCC(C(F)(F)F)CC3)cc(C3CCC(C(F)(F)F)CC3)cc2[nH]1. The highest BCUT2D eigenvalue weighted by atomic mass is 19.4. The monoisotopic (exact) mass is 460 g/mol. The van der Waals surface area contributed by atoms with Crippen LogP contribution < -0.4 is 5.73 Å². The molecule has 4 rings (SSSR count). The van der Waals surface area contributed by atoms with Gasteiger partial charge in [-0.3, -0.25) is 4.79 Å². The number of hydrogen-bond acceptors (Lipinski definition) is 1. The summed E-state index contributed by atoms with van der Waals surface area (Å²) in [5.74, 6) is -3.38. The van der Waals surface area contributed by atoms with Crippen molar-refractivity contribution in [2.45, 2.75) is 75.6 Å². The molecule has 0 unspecified atom stereocenters. The first-order chi connectivity index (χ1) is 14.9. The summed E-state index contributed by atoms with van der Waals surface area (Å²) in [6.45, 7) is 0. The van der Waals surface area contributed by atoms with Crippen LogP contribution in [0.1, 0.15) is 84.8 Å². The first kappa shape index (κ1) is 23.0. The van der Waals surface area contributed by atoms with Gasteiger partial charge in [-0.1, -0.05) is 6.07 Å². The predicted molar refractivity (Wildman–Crippen MR) is 108 cm³/mol. The van der Waals surface area contributed by atoms with Gasteiger partial charge >= 0.3 is 12.4 Å². The van der Waals surface area contributed by atoms with Crippen LogP contribution in [0.25, 0.3) is 10.9 Å². The van der Waals surface area contributed by atoms with E-state index in [9.17, 15) is 31.1 Å². The predicted octanol–water partition coefficient (Wildman–Crippen LogP) is 6.94. The highest BCUT2D eigenvalue weighted by Gasteiger charge is 2.43. The van der Waals surface area contributed by atoms with E-state index in [2.05, 4.69) is 4.98 Å². The molecule has 1 heterocycles. The number of nitrogens with two attached hydrogens (primary N) is 1. The number of fused-ring (bicyclic) bond motifs is 1. The Morgan fingerprint density at radius 2 is 1.28 bits per heavy atom. The molecule has 0 spiro atoms. The molecule has 3 nitrogen and oxygen atoms in total. The maximum absolute atomic E-state index is 13.1. The summed E-state index contributed by atoms with van der Waals surface area (Å²) in [7, 11) is 0. The number of aromatic amines is 1. The fourth-order valence-electron chi connectivity index (χ4n) is 5.48. The summed E-state index contributed by atoms with van der Waals surface area (Å²) in [6, 6.07) is 5.43. The molecule has 0 aliphatic heterocycles. The molecule has 0 atom stereocenters. The number of amides is 1. The van der Waals surface area contributed by atoms with Gasteiger partial charge in [-0.15, -0.1) is 0 Å². The van der Waals surface area contributed by atoms with Crippen molar-refractivity contribution in [3.05, 3.63) is 35.0 Å². The fraction of sp³-hybridized carbons (Fsp3) is 0.609. The van der Waals surface area contributed by atoms with E-state index in [1.165, 1.54) is 0 Å². The number of carbonyl (C=O) groups excluding carboxylic acids is 1. The summed E-state index contributed by atoms with van der Waals surface area (Å²) in [4.78, 5) is 14.7. The molecule has 2 fully saturated rings. The summed E-state index contributed by atoms with van der Waals surface area (Å²) < 4.78 is 78.5. The van der Waals surface area contributed by atoms with Crippen molar-refractivity contribution in [3.63, 3.8) is 0 Å². The number of nitrogens with one attached hydrogen (secondary N) is 1. The lowest BCUT2D eigenvalue weighted by Gasteiger charge is -2.32. The number of hydrogen-bond donors (Lipinski definition) is 2. The summed E-state index contributed by atoms with van der Waals surface area (Å²) in [5.41, 5.74) is 8.01. The van der Waals surface area contributed by atoms with E-state index in [4.69, 9.17) is 5.73 Å². The Morgan fingerprint density at radius 1 is 0.781 bits per heavy atom. The normalized spacial score (nSPS) is 27.6. The van der Waals surface area contributed by atoms with Gasteiger partial charge in [-0.25, -0.2) is 0 Å². The van der Waals surface area contributed by atoms with Gasteiger partial charge in [-0.05, 0) is 86.5 Å². The number of benzene rings is 1. The molecule has 32 heavy (non-hydrogen) atoms. The molecule has 2 aromatic rings. The van der Waals surface area contributed by atoms with Crippen molar-refractivity contribution >= 4 is 16.8 Å². The van der Waals surface area contributed by atoms with E-state index in [-0.39, 0.29) is 43.2 Å². The van der Waals surface area contributed by atoms with E-state index >= 15 is 0 Å². The van der Waals surface area contributed by atoms with E-state index in [1.54, 1.807) is 6.07 Å². The number of H-pyrrole nitrogens is 1. The Morgan fingerprint density at radius 3 is 1.75 bits per heavy atom. The Hall–Kier alpha value is -2.19. The third-order valence-corrected chi connectivity index (χ3v) is 7.35. The number of halogens is 6. The second-order valence-corrected chi connectivity index (χ2v) is 9.30. The lowest BCUT2D eigenvalue weighted by atomic mass is 9.74. The molecule has 9 heteroatoms. The summed E-state index contributed by atoms with van der Waals surface area (Å²) in [6.07, 6.45) is -6.61. The van der Waals surface area contributed by atoms with Gasteiger partial charge in [0.1, 0.15) is 5.69 Å². The molecule has 1 aromatic heterocycles. The molecular formula is C23H26F6N2O. The second kappa shape index (κ2) is 8.30. The van der Waals surface area contributed by atoms with Crippen molar-refractivity contribution in [2.24, 2.45) is 17.6 Å². The second-order valence-electron chi connectivity index (χ2n) is 9.30. The van der Waals surface area contributed by atoms with E-state index in [1.807, 2.05) is 12.1 Å². The van der Waals surface area contributed by atoms with Crippen LogP contribution in [0, 0.1) is 11.8 Å². The molecule has 0 bridgehead atoms. The number of alkyl halides is 6. The zero-order valence-corrected chi connectivity index (χ0v) is 17.5. The van der Waals surface area contributed by atoms with Gasteiger partial charge in [0.25, 0.3) is 5.91 Å². The number of rotatable bonds is 3. The van der Waals surface area contributed by atoms with Crippen LogP contribution in [0.15, 0.2) is 18.2 Å². The van der Waals surface area contributed by atoms with Crippen molar-refractivity contribution in [2.75, 3.05) is 0 Å². The zero-order chi connectivity index (χ0) is 23.3. The minimum atomic E-state index is -4.20. The average molecular weight is 460 g/mol. The van der Waals surface area contributed by atoms with Crippen molar-refractivity contribution in [1.29, 1.82) is 0 Å². The third-order valence-electron chi connectivity index (χ3n) is 7.35. The van der Waals surface area contributed by atoms with Crippen LogP contribution in [0.5, 0.6) is 0 Å². The largest absolute Gasteiger partial charge is 0.391 e. The molecule has 3 N–H and O–H groups in total. The summed E-state index contributed by atoms with van der Waals surface area (Å²) >= 11 is 0. The number of aromatic nitrogens is 1. The first-order valence-electron chi connectivity index (χ1n) is 11.0. The van der Waals surface area contributed by atoms with Crippen molar-refractivity contribution in [3.8, 4) is 0 Å². The van der Waals surface area contributed by atoms with Crippen molar-refractivity contribution in [1.82, 2.24) is 4.98 Å². The van der Waals surface area contributed by atoms with Crippen LogP contribution in [-0.2, 0) is 0 Å². The fourth-order valence-corrected chi connectivity index (χ4v) is 5.48.